The summed E-state index contributed by atoms with van der Waals surface area (Å²) in [4.78, 5) is 134. The Kier molecular flexibility index (Phi) is 11.3. The van der Waals surface area contributed by atoms with E-state index in [-0.39, 0.29) is 85.0 Å². The molecule has 9 N–H and O–H groups in total. The maximum absolute atomic E-state index is 12.5. The Labute approximate surface area is 347 Å². The standard InChI is InChI=1S/C14H13N3O4.C13H11N3O4.C13H13N3O3.CH4/c1-14(6-5-9(18)16-13(14)21)17-11(19)7-3-2-4-8(15)10(7)12(17)20;14-7-3-1-2-6-10(7)13(20)16(12(6)19)8-4-5-9(17)15-11(8)18;14-9-3-1-2-7-8(9)6-16(13(7)19)10-4-5-11(17)15-12(10)18;/h2-4H,5-6,15H2,1H3,(H,16,18,21);1-3,8H,4-5,14H2,(H,15,17,18);1-3,10H,4-6,14H2,(H,15,17,18);1H4. The molecule has 20 heteroatoms. The minimum atomic E-state index is -1.38. The van der Waals surface area contributed by atoms with Crippen LogP contribution in [0.4, 0.5) is 17.1 Å². The lowest BCUT2D eigenvalue weighted by Crippen LogP contribution is -2.62. The molecule has 6 aliphatic heterocycles. The highest BCUT2D eigenvalue weighted by molar-refractivity contribution is 6.27. The van der Waals surface area contributed by atoms with Crippen molar-refractivity contribution in [3.8, 4) is 0 Å². The summed E-state index contributed by atoms with van der Waals surface area (Å²) >= 11 is 0. The van der Waals surface area contributed by atoms with E-state index in [1.165, 1.54) is 36.1 Å². The number of carbonyl (C=O) groups excluding carboxylic acids is 11. The predicted molar refractivity (Wildman–Crippen MR) is 213 cm³/mol. The van der Waals surface area contributed by atoms with Crippen molar-refractivity contribution in [2.24, 2.45) is 0 Å². The second-order valence-electron chi connectivity index (χ2n) is 14.9. The van der Waals surface area contributed by atoms with Crippen molar-refractivity contribution in [2.45, 2.75) is 77.0 Å². The fourth-order valence-corrected chi connectivity index (χ4v) is 7.92. The lowest BCUT2D eigenvalue weighted by atomic mass is 9.89. The van der Waals surface area contributed by atoms with Crippen molar-refractivity contribution < 1.29 is 52.7 Å². The molecule has 3 fully saturated rings. The van der Waals surface area contributed by atoms with Crippen LogP contribution in [-0.2, 0) is 35.3 Å². The molecule has 0 bridgehead atoms. The van der Waals surface area contributed by atoms with E-state index < -0.39 is 70.8 Å². The van der Waals surface area contributed by atoms with Crippen molar-refractivity contribution in [1.29, 1.82) is 0 Å². The van der Waals surface area contributed by atoms with E-state index in [1.54, 1.807) is 30.3 Å². The van der Waals surface area contributed by atoms with Gasteiger partial charge in [-0.05, 0) is 62.6 Å². The van der Waals surface area contributed by atoms with Gasteiger partial charge in [-0.15, -0.1) is 0 Å². The van der Waals surface area contributed by atoms with Crippen LogP contribution in [0.25, 0.3) is 0 Å². The number of amides is 11. The third-order valence-electron chi connectivity index (χ3n) is 11.1. The van der Waals surface area contributed by atoms with Crippen LogP contribution in [0.5, 0.6) is 0 Å². The number of hydrogen-bond donors (Lipinski definition) is 6. The number of hydrogen-bond acceptors (Lipinski definition) is 14. The van der Waals surface area contributed by atoms with Crippen LogP contribution >= 0.6 is 0 Å². The first-order valence-electron chi connectivity index (χ1n) is 18.7. The first-order chi connectivity index (χ1) is 28.4. The zero-order valence-corrected chi connectivity index (χ0v) is 31.9. The van der Waals surface area contributed by atoms with Gasteiger partial charge in [-0.1, -0.05) is 25.6 Å². The van der Waals surface area contributed by atoms with Gasteiger partial charge in [0.1, 0.15) is 17.6 Å². The number of benzene rings is 3. The molecule has 6 aliphatic rings. The molecule has 20 nitrogen and oxygen atoms in total. The molecule has 3 aromatic rings. The molecule has 3 unspecified atom stereocenters. The summed E-state index contributed by atoms with van der Waals surface area (Å²) in [6.45, 7) is 1.81. The summed E-state index contributed by atoms with van der Waals surface area (Å²) in [5.41, 5.74) is 18.8. The van der Waals surface area contributed by atoms with Crippen LogP contribution in [0.2, 0.25) is 0 Å². The normalized spacial score (nSPS) is 22.8. The molecular weight excluding hydrogens is 795 g/mol. The average molecular weight is 836 g/mol. The molecule has 3 saturated heterocycles. The fourth-order valence-electron chi connectivity index (χ4n) is 7.92. The lowest BCUT2D eigenvalue weighted by molar-refractivity contribution is -0.141. The third-order valence-corrected chi connectivity index (χ3v) is 11.1. The summed E-state index contributed by atoms with van der Waals surface area (Å²) in [6.07, 6.45) is 1.03. The summed E-state index contributed by atoms with van der Waals surface area (Å²) in [6, 6.07) is 12.8. The number of rotatable bonds is 3. The van der Waals surface area contributed by atoms with Gasteiger partial charge in [0, 0.05) is 54.0 Å². The van der Waals surface area contributed by atoms with E-state index in [2.05, 4.69) is 16.0 Å². The number of nitrogens with zero attached hydrogens (tertiary/aromatic N) is 3. The third kappa shape index (κ3) is 7.31. The molecule has 0 saturated carbocycles. The Balaban J connectivity index is 0.000000152. The Morgan fingerprint density at radius 1 is 0.557 bits per heavy atom. The maximum Gasteiger partial charge on any atom is 0.264 e. The van der Waals surface area contributed by atoms with Crippen molar-refractivity contribution in [1.82, 2.24) is 30.7 Å². The Hall–Kier alpha value is -7.77. The molecule has 11 amide bonds. The van der Waals surface area contributed by atoms with Gasteiger partial charge in [0.15, 0.2) is 0 Å². The van der Waals surface area contributed by atoms with Gasteiger partial charge in [-0.3, -0.25) is 78.5 Å². The number of nitrogens with one attached hydrogen (secondary N) is 3. The maximum atomic E-state index is 12.5. The molecule has 6 heterocycles. The molecule has 9 rings (SSSR count). The van der Waals surface area contributed by atoms with Gasteiger partial charge in [0.25, 0.3) is 35.4 Å². The number of anilines is 3. The van der Waals surface area contributed by atoms with Gasteiger partial charge in [0.2, 0.25) is 29.5 Å². The fraction of sp³-hybridized carbons (Fsp3) is 0.293. The zero-order chi connectivity index (χ0) is 43.4. The van der Waals surface area contributed by atoms with Crippen LogP contribution < -0.4 is 33.2 Å². The van der Waals surface area contributed by atoms with Gasteiger partial charge in [-0.25, -0.2) is 0 Å². The van der Waals surface area contributed by atoms with E-state index in [0.29, 0.717) is 24.2 Å². The van der Waals surface area contributed by atoms with Gasteiger partial charge in [0.05, 0.1) is 22.3 Å². The number of nitrogen functional groups attached to an aromatic ring is 3. The van der Waals surface area contributed by atoms with E-state index >= 15 is 0 Å². The second kappa shape index (κ2) is 16.1. The number of carbonyl (C=O) groups is 11. The summed E-state index contributed by atoms with van der Waals surface area (Å²) < 4.78 is 0. The van der Waals surface area contributed by atoms with Crippen molar-refractivity contribution in [3.63, 3.8) is 0 Å². The molecular formula is C41H41N9O11. The second-order valence-corrected chi connectivity index (χ2v) is 14.9. The van der Waals surface area contributed by atoms with E-state index in [0.717, 1.165) is 15.4 Å². The molecule has 0 aliphatic carbocycles. The number of nitrogens with two attached hydrogens (primary N) is 3. The van der Waals surface area contributed by atoms with Gasteiger partial charge in [-0.2, -0.15) is 0 Å². The minimum absolute atomic E-state index is 0. The molecule has 316 valence electrons. The van der Waals surface area contributed by atoms with Crippen molar-refractivity contribution in [3.05, 3.63) is 88.0 Å². The van der Waals surface area contributed by atoms with E-state index in [1.807, 2.05) is 0 Å². The van der Waals surface area contributed by atoms with E-state index in [4.69, 9.17) is 17.2 Å². The topological polar surface area (TPSA) is 312 Å². The first kappa shape index (κ1) is 42.8. The van der Waals surface area contributed by atoms with Gasteiger partial charge >= 0.3 is 0 Å². The Morgan fingerprint density at radius 2 is 1.05 bits per heavy atom. The SMILES string of the molecule is C.CC1(N2C(=O)c3cccc(N)c3C2=O)CCC(=O)NC1=O.Nc1cccc2c1C(=O)N(C1CCC(=O)NC1=O)C2=O.Nc1cccc2c1CN(C1CCC(=O)NC1=O)C2=O. The smallest absolute Gasteiger partial charge is 0.264 e. The van der Waals surface area contributed by atoms with Crippen molar-refractivity contribution in [2.75, 3.05) is 17.2 Å². The summed E-state index contributed by atoms with van der Waals surface area (Å²) in [7, 11) is 0. The number of imide groups is 5. The first-order valence-corrected chi connectivity index (χ1v) is 18.7. The Bertz CT molecular complexity index is 2520. The van der Waals surface area contributed by atoms with Crippen LogP contribution in [-0.4, -0.2) is 97.3 Å². The monoisotopic (exact) mass is 835 g/mol. The molecule has 0 spiro atoms. The van der Waals surface area contributed by atoms with Gasteiger partial charge < -0.3 is 22.1 Å². The predicted octanol–water partition coefficient (Wildman–Crippen LogP) is 0.396. The quantitative estimate of drug-likeness (QED) is 0.154. The van der Waals surface area contributed by atoms with Crippen LogP contribution in [0.15, 0.2) is 54.6 Å². The largest absolute Gasteiger partial charge is 0.398 e. The molecule has 61 heavy (non-hydrogen) atoms. The van der Waals surface area contributed by atoms with Crippen LogP contribution in [0.3, 0.4) is 0 Å². The lowest BCUT2D eigenvalue weighted by Gasteiger charge is -2.38. The Morgan fingerprint density at radius 3 is 1.56 bits per heavy atom. The van der Waals surface area contributed by atoms with E-state index in [9.17, 15) is 52.7 Å². The summed E-state index contributed by atoms with van der Waals surface area (Å²) in [5.74, 6) is -5.27. The highest BCUT2D eigenvalue weighted by Crippen LogP contribution is 2.36. The number of piperidine rings is 3. The van der Waals surface area contributed by atoms with Crippen LogP contribution in [0.1, 0.15) is 110 Å². The summed E-state index contributed by atoms with van der Waals surface area (Å²) in [5, 5.41) is 6.57. The molecule has 0 radical (unpaired) electrons. The zero-order valence-electron chi connectivity index (χ0n) is 31.9. The highest BCUT2D eigenvalue weighted by Gasteiger charge is 2.53. The van der Waals surface area contributed by atoms with Crippen molar-refractivity contribution >= 4 is 82.0 Å². The number of fused-ring (bicyclic) bond motifs is 3. The highest BCUT2D eigenvalue weighted by atomic mass is 16.2. The van der Waals surface area contributed by atoms with Crippen LogP contribution in [0, 0.1) is 0 Å². The molecule has 3 atom stereocenters. The molecule has 0 aromatic heterocycles. The average Bonchev–Trinajstić information content (AvgIpc) is 3.77. The minimum Gasteiger partial charge on any atom is -0.398 e. The molecule has 3 aromatic carbocycles.